The lowest BCUT2D eigenvalue weighted by Crippen LogP contribution is -2.47. The minimum Gasteiger partial charge on any atom is -0.358 e. The Bertz CT molecular complexity index is 1210. The number of hydrogen-bond donors (Lipinski definition) is 2. The zero-order valence-corrected chi connectivity index (χ0v) is 19.3. The van der Waals surface area contributed by atoms with Crippen LogP contribution in [0.1, 0.15) is 60.3 Å². The number of rotatable bonds is 6. The maximum Gasteiger partial charge on any atom is 0.176 e. The van der Waals surface area contributed by atoms with Gasteiger partial charge < -0.3 is 10.3 Å². The van der Waals surface area contributed by atoms with Gasteiger partial charge in [-0.05, 0) is 73.2 Å². The minimum atomic E-state index is -0.198. The fourth-order valence-corrected chi connectivity index (χ4v) is 5.49. The molecule has 0 radical (unpaired) electrons. The average Bonchev–Trinajstić information content (AvgIpc) is 3.40. The standard InChI is InChI=1S/C26H32N6/c1-18-10-9-11-19(2)24(18)32-25(29-30-31-32)26(15-7-4-8-16-26)27-17-14-21-20(3)28-23-13-6-5-12-22(21)23/h5-6,9-13,27-28H,4,7-8,14-17H2,1-3H3. The maximum absolute atomic E-state index is 4.59. The zero-order chi connectivity index (χ0) is 22.1. The van der Waals surface area contributed by atoms with Crippen LogP contribution >= 0.6 is 0 Å². The van der Waals surface area contributed by atoms with E-state index in [1.165, 1.54) is 52.5 Å². The molecule has 0 atom stereocenters. The summed E-state index contributed by atoms with van der Waals surface area (Å²) in [5.41, 5.74) is 7.16. The van der Waals surface area contributed by atoms with E-state index in [4.69, 9.17) is 0 Å². The molecule has 0 unspecified atom stereocenters. The fourth-order valence-electron chi connectivity index (χ4n) is 5.49. The summed E-state index contributed by atoms with van der Waals surface area (Å²) in [7, 11) is 0. The van der Waals surface area contributed by atoms with Gasteiger partial charge in [0.25, 0.3) is 0 Å². The van der Waals surface area contributed by atoms with Crippen molar-refractivity contribution in [3.05, 3.63) is 70.7 Å². The highest BCUT2D eigenvalue weighted by Crippen LogP contribution is 2.37. The van der Waals surface area contributed by atoms with Gasteiger partial charge in [0.15, 0.2) is 5.82 Å². The Morgan fingerprint density at radius 1 is 0.969 bits per heavy atom. The van der Waals surface area contributed by atoms with Gasteiger partial charge in [-0.15, -0.1) is 5.10 Å². The normalized spacial score (nSPS) is 16.0. The first-order chi connectivity index (χ1) is 15.6. The first-order valence-electron chi connectivity index (χ1n) is 11.8. The Balaban J connectivity index is 1.46. The van der Waals surface area contributed by atoms with Crippen LogP contribution in [0.2, 0.25) is 0 Å². The van der Waals surface area contributed by atoms with Crippen LogP contribution in [0.3, 0.4) is 0 Å². The van der Waals surface area contributed by atoms with Crippen molar-refractivity contribution in [1.29, 1.82) is 0 Å². The second-order valence-electron chi connectivity index (χ2n) is 9.25. The monoisotopic (exact) mass is 428 g/mol. The maximum atomic E-state index is 4.59. The molecular formula is C26H32N6. The lowest BCUT2D eigenvalue weighted by atomic mass is 9.80. The van der Waals surface area contributed by atoms with Crippen LogP contribution in [0.5, 0.6) is 0 Å². The van der Waals surface area contributed by atoms with Crippen molar-refractivity contribution in [2.75, 3.05) is 6.54 Å². The molecule has 4 aromatic rings. The SMILES string of the molecule is Cc1cccc(C)c1-n1nnnc1C1(NCCc2c(C)[nH]c3ccccc23)CCCCC1. The van der Waals surface area contributed by atoms with Crippen molar-refractivity contribution in [3.63, 3.8) is 0 Å². The predicted molar refractivity (Wildman–Crippen MR) is 128 cm³/mol. The fraction of sp³-hybridized carbons (Fsp3) is 0.423. The van der Waals surface area contributed by atoms with Crippen molar-refractivity contribution >= 4 is 10.9 Å². The smallest absolute Gasteiger partial charge is 0.176 e. The Kier molecular flexibility index (Phi) is 5.55. The first kappa shape index (κ1) is 20.9. The number of fused-ring (bicyclic) bond motifs is 1. The molecule has 0 aliphatic heterocycles. The van der Waals surface area contributed by atoms with Crippen LogP contribution in [0, 0.1) is 20.8 Å². The van der Waals surface area contributed by atoms with E-state index < -0.39 is 0 Å². The molecule has 2 N–H and O–H groups in total. The lowest BCUT2D eigenvalue weighted by Gasteiger charge is -2.37. The number of aromatic nitrogens is 5. The summed E-state index contributed by atoms with van der Waals surface area (Å²) in [6.07, 6.45) is 6.76. The topological polar surface area (TPSA) is 71.4 Å². The largest absolute Gasteiger partial charge is 0.358 e. The summed E-state index contributed by atoms with van der Waals surface area (Å²) in [5.74, 6) is 0.949. The van der Waals surface area contributed by atoms with Crippen LogP contribution in [-0.2, 0) is 12.0 Å². The molecule has 5 rings (SSSR count). The van der Waals surface area contributed by atoms with E-state index in [0.29, 0.717) is 0 Å². The molecule has 1 fully saturated rings. The number of benzene rings is 2. The number of aryl methyl sites for hydroxylation is 3. The molecule has 0 bridgehead atoms. The Labute approximate surface area is 189 Å². The number of para-hydroxylation sites is 2. The summed E-state index contributed by atoms with van der Waals surface area (Å²) in [6.45, 7) is 7.33. The van der Waals surface area contributed by atoms with Crippen molar-refractivity contribution < 1.29 is 0 Å². The van der Waals surface area contributed by atoms with E-state index in [1.807, 2.05) is 4.68 Å². The van der Waals surface area contributed by atoms with E-state index in [0.717, 1.165) is 37.3 Å². The van der Waals surface area contributed by atoms with Crippen molar-refractivity contribution in [2.24, 2.45) is 0 Å². The number of H-pyrrole nitrogens is 1. The van der Waals surface area contributed by atoms with E-state index in [9.17, 15) is 0 Å². The van der Waals surface area contributed by atoms with Gasteiger partial charge in [0, 0.05) is 23.1 Å². The highest BCUT2D eigenvalue weighted by atomic mass is 15.6. The molecule has 1 saturated carbocycles. The third-order valence-corrected chi connectivity index (χ3v) is 7.12. The molecular weight excluding hydrogens is 396 g/mol. The van der Waals surface area contributed by atoms with Crippen molar-refractivity contribution in [1.82, 2.24) is 30.5 Å². The second-order valence-corrected chi connectivity index (χ2v) is 9.25. The van der Waals surface area contributed by atoms with Crippen molar-refractivity contribution in [3.8, 4) is 5.69 Å². The van der Waals surface area contributed by atoms with Gasteiger partial charge in [-0.25, -0.2) is 0 Å². The van der Waals surface area contributed by atoms with Crippen LogP contribution < -0.4 is 5.32 Å². The van der Waals surface area contributed by atoms with Crippen LogP contribution in [-0.4, -0.2) is 31.7 Å². The quantitative estimate of drug-likeness (QED) is 0.450. The highest BCUT2D eigenvalue weighted by molar-refractivity contribution is 5.84. The number of tetrazole rings is 1. The molecule has 166 valence electrons. The van der Waals surface area contributed by atoms with Gasteiger partial charge in [-0.3, -0.25) is 0 Å². The van der Waals surface area contributed by atoms with Crippen LogP contribution in [0.25, 0.3) is 16.6 Å². The third-order valence-electron chi connectivity index (χ3n) is 7.12. The molecule has 1 aliphatic rings. The number of nitrogens with one attached hydrogen (secondary N) is 2. The molecule has 0 saturated heterocycles. The second kappa shape index (κ2) is 8.51. The number of nitrogens with zero attached hydrogens (tertiary/aromatic N) is 4. The van der Waals surface area contributed by atoms with Gasteiger partial charge in [0.2, 0.25) is 0 Å². The number of aromatic amines is 1. The highest BCUT2D eigenvalue weighted by Gasteiger charge is 2.39. The molecule has 0 spiro atoms. The number of hydrogen-bond acceptors (Lipinski definition) is 4. The summed E-state index contributed by atoms with van der Waals surface area (Å²) >= 11 is 0. The van der Waals surface area contributed by atoms with E-state index in [2.05, 4.69) is 89.1 Å². The Morgan fingerprint density at radius 2 is 1.72 bits per heavy atom. The van der Waals surface area contributed by atoms with E-state index >= 15 is 0 Å². The summed E-state index contributed by atoms with van der Waals surface area (Å²) in [5, 5.41) is 18.4. The van der Waals surface area contributed by atoms with Gasteiger partial charge in [-0.1, -0.05) is 55.7 Å². The molecule has 2 aromatic carbocycles. The molecule has 1 aliphatic carbocycles. The molecule has 6 heteroatoms. The molecule has 6 nitrogen and oxygen atoms in total. The van der Waals surface area contributed by atoms with Crippen LogP contribution in [0.4, 0.5) is 0 Å². The van der Waals surface area contributed by atoms with Gasteiger partial charge in [-0.2, -0.15) is 4.68 Å². The van der Waals surface area contributed by atoms with E-state index in [1.54, 1.807) is 0 Å². The summed E-state index contributed by atoms with van der Waals surface area (Å²) in [6, 6.07) is 14.9. The molecule has 2 aromatic heterocycles. The Hall–Kier alpha value is -2.99. The van der Waals surface area contributed by atoms with Gasteiger partial charge in [0.05, 0.1) is 11.2 Å². The van der Waals surface area contributed by atoms with Crippen LogP contribution in [0.15, 0.2) is 42.5 Å². The zero-order valence-electron chi connectivity index (χ0n) is 19.3. The molecule has 0 amide bonds. The average molecular weight is 429 g/mol. The van der Waals surface area contributed by atoms with Crippen molar-refractivity contribution in [2.45, 2.75) is 64.8 Å². The minimum absolute atomic E-state index is 0.198. The van der Waals surface area contributed by atoms with Gasteiger partial charge >= 0.3 is 0 Å². The Morgan fingerprint density at radius 3 is 2.50 bits per heavy atom. The molecule has 32 heavy (non-hydrogen) atoms. The first-order valence-corrected chi connectivity index (χ1v) is 11.8. The van der Waals surface area contributed by atoms with E-state index in [-0.39, 0.29) is 5.54 Å². The lowest BCUT2D eigenvalue weighted by molar-refractivity contribution is 0.217. The summed E-state index contributed by atoms with van der Waals surface area (Å²) in [4.78, 5) is 3.53. The predicted octanol–water partition coefficient (Wildman–Crippen LogP) is 5.06. The van der Waals surface area contributed by atoms with Gasteiger partial charge in [0.1, 0.15) is 0 Å². The summed E-state index contributed by atoms with van der Waals surface area (Å²) < 4.78 is 1.99. The third kappa shape index (κ3) is 3.62. The molecule has 2 heterocycles.